The summed E-state index contributed by atoms with van der Waals surface area (Å²) in [5.74, 6) is 0.429. The van der Waals surface area contributed by atoms with Crippen LogP contribution >= 0.6 is 11.8 Å². The Labute approximate surface area is 207 Å². The highest BCUT2D eigenvalue weighted by Gasteiger charge is 2.29. The van der Waals surface area contributed by atoms with Crippen LogP contribution in [0.1, 0.15) is 32.8 Å². The Morgan fingerprint density at radius 1 is 1.00 bits per heavy atom. The molecular weight excluding hydrogens is 452 g/mol. The predicted octanol–water partition coefficient (Wildman–Crippen LogP) is 3.54. The zero-order valence-electron chi connectivity index (χ0n) is 20.7. The van der Waals surface area contributed by atoms with Gasteiger partial charge in [0.2, 0.25) is 11.8 Å². The van der Waals surface area contributed by atoms with E-state index in [0.717, 1.165) is 11.3 Å². The Bertz CT molecular complexity index is 810. The van der Waals surface area contributed by atoms with Gasteiger partial charge in [-0.2, -0.15) is 11.8 Å². The number of hydrogen-bond donors (Lipinski definition) is 2. The Kier molecular flexibility index (Phi) is 13.8. The fourth-order valence-electron chi connectivity index (χ4n) is 3.19. The molecule has 0 bridgehead atoms. The van der Waals surface area contributed by atoms with Crippen molar-refractivity contribution in [1.29, 1.82) is 0 Å². The number of esters is 1. The average Bonchev–Trinajstić information content (AvgIpc) is 2.81. The molecule has 188 valence electrons. The van der Waals surface area contributed by atoms with Gasteiger partial charge in [-0.05, 0) is 36.5 Å². The summed E-state index contributed by atoms with van der Waals surface area (Å²) < 4.78 is 10.3. The van der Waals surface area contributed by atoms with Crippen LogP contribution in [0.15, 0.2) is 49.6 Å². The quantitative estimate of drug-likeness (QED) is 0.209. The average molecular weight is 491 g/mol. The minimum absolute atomic E-state index is 0.168. The number of rotatable bonds is 16. The number of amides is 2. The molecule has 0 saturated carbocycles. The second-order valence-corrected chi connectivity index (χ2v) is 9.52. The van der Waals surface area contributed by atoms with E-state index in [1.807, 2.05) is 45.0 Å². The highest BCUT2D eigenvalue weighted by atomic mass is 32.2. The largest absolute Gasteiger partial charge is 0.490 e. The van der Waals surface area contributed by atoms with E-state index in [0.29, 0.717) is 31.0 Å². The van der Waals surface area contributed by atoms with Gasteiger partial charge < -0.3 is 20.1 Å². The van der Waals surface area contributed by atoms with Crippen LogP contribution in [0.3, 0.4) is 0 Å². The van der Waals surface area contributed by atoms with E-state index in [9.17, 15) is 14.4 Å². The molecule has 8 heteroatoms. The molecule has 1 aromatic rings. The number of carbonyl (C=O) groups excluding carboxylic acids is 3. The normalized spacial score (nSPS) is 13.3. The van der Waals surface area contributed by atoms with Crippen molar-refractivity contribution in [3.05, 3.63) is 55.1 Å². The third-order valence-electron chi connectivity index (χ3n) is 4.94. The van der Waals surface area contributed by atoms with Gasteiger partial charge in [0.15, 0.2) is 0 Å². The van der Waals surface area contributed by atoms with Crippen LogP contribution in [0.25, 0.3) is 0 Å². The SMILES string of the molecule is C=CCOc1ccc(C[C@H](C)C(=O)N[C@@H](CC(C)C)C(=O)N[C@@H](CSCC=C)C(=O)OC)cc1. The van der Waals surface area contributed by atoms with Crippen molar-refractivity contribution < 1.29 is 23.9 Å². The van der Waals surface area contributed by atoms with Crippen molar-refractivity contribution in [2.75, 3.05) is 25.2 Å². The summed E-state index contributed by atoms with van der Waals surface area (Å²) in [5.41, 5.74) is 0.989. The monoisotopic (exact) mass is 490 g/mol. The van der Waals surface area contributed by atoms with Crippen LogP contribution in [0, 0.1) is 11.8 Å². The maximum absolute atomic E-state index is 13.0. The molecule has 0 aromatic heterocycles. The highest BCUT2D eigenvalue weighted by Crippen LogP contribution is 2.16. The lowest BCUT2D eigenvalue weighted by molar-refractivity contribution is -0.144. The first-order chi connectivity index (χ1) is 16.2. The van der Waals surface area contributed by atoms with E-state index in [2.05, 4.69) is 23.8 Å². The van der Waals surface area contributed by atoms with Crippen molar-refractivity contribution in [2.24, 2.45) is 11.8 Å². The summed E-state index contributed by atoms with van der Waals surface area (Å²) >= 11 is 1.46. The van der Waals surface area contributed by atoms with Crippen molar-refractivity contribution in [3.8, 4) is 5.75 Å². The Hall–Kier alpha value is -2.74. The van der Waals surface area contributed by atoms with E-state index >= 15 is 0 Å². The highest BCUT2D eigenvalue weighted by molar-refractivity contribution is 7.99. The van der Waals surface area contributed by atoms with E-state index in [-0.39, 0.29) is 17.7 Å². The number of methoxy groups -OCH3 is 1. The van der Waals surface area contributed by atoms with Crippen LogP contribution in [0.2, 0.25) is 0 Å². The molecule has 2 amide bonds. The first-order valence-electron chi connectivity index (χ1n) is 11.4. The molecule has 0 radical (unpaired) electrons. The topological polar surface area (TPSA) is 93.7 Å². The fourth-order valence-corrected chi connectivity index (χ4v) is 3.95. The van der Waals surface area contributed by atoms with Crippen molar-refractivity contribution in [1.82, 2.24) is 10.6 Å². The Morgan fingerprint density at radius 2 is 1.65 bits per heavy atom. The van der Waals surface area contributed by atoms with E-state index in [4.69, 9.17) is 9.47 Å². The van der Waals surface area contributed by atoms with Gasteiger partial charge in [-0.15, -0.1) is 6.58 Å². The van der Waals surface area contributed by atoms with Crippen LogP contribution < -0.4 is 15.4 Å². The van der Waals surface area contributed by atoms with Gasteiger partial charge in [0, 0.05) is 17.4 Å². The first-order valence-corrected chi connectivity index (χ1v) is 12.6. The van der Waals surface area contributed by atoms with Crippen LogP contribution in [0.4, 0.5) is 0 Å². The lowest BCUT2D eigenvalue weighted by Gasteiger charge is -2.24. The molecule has 0 saturated heterocycles. The molecule has 0 heterocycles. The first kappa shape index (κ1) is 29.3. The number of thioether (sulfide) groups is 1. The van der Waals surface area contributed by atoms with Gasteiger partial charge in [0.25, 0.3) is 0 Å². The van der Waals surface area contributed by atoms with E-state index in [1.54, 1.807) is 12.2 Å². The predicted molar refractivity (Wildman–Crippen MR) is 138 cm³/mol. The van der Waals surface area contributed by atoms with E-state index < -0.39 is 24.0 Å². The number of hydrogen-bond acceptors (Lipinski definition) is 6. The summed E-state index contributed by atoms with van der Waals surface area (Å²) in [6.45, 7) is 13.5. The summed E-state index contributed by atoms with van der Waals surface area (Å²) in [6.07, 6.45) is 4.38. The summed E-state index contributed by atoms with van der Waals surface area (Å²) in [7, 11) is 1.28. The molecule has 7 nitrogen and oxygen atoms in total. The number of carbonyl (C=O) groups is 3. The second kappa shape index (κ2) is 16.0. The molecule has 0 aliphatic heterocycles. The molecule has 0 aliphatic rings. The van der Waals surface area contributed by atoms with Crippen LogP contribution in [0.5, 0.6) is 5.75 Å². The maximum Gasteiger partial charge on any atom is 0.329 e. The second-order valence-electron chi connectivity index (χ2n) is 8.45. The van der Waals surface area contributed by atoms with Crippen molar-refractivity contribution in [3.63, 3.8) is 0 Å². The molecular formula is C26H38N2O5S. The smallest absolute Gasteiger partial charge is 0.329 e. The third kappa shape index (κ3) is 10.9. The Balaban J connectivity index is 2.79. The van der Waals surface area contributed by atoms with Gasteiger partial charge >= 0.3 is 5.97 Å². The van der Waals surface area contributed by atoms with Gasteiger partial charge in [-0.3, -0.25) is 9.59 Å². The standard InChI is InChI=1S/C26H38N2O5S/c1-7-13-33-21-11-9-20(10-12-21)16-19(5)24(29)27-22(15-18(3)4)25(30)28-23(26(31)32-6)17-34-14-8-2/h7-12,18-19,22-23H,1-2,13-17H2,3-6H3,(H,27,29)(H,28,30)/t19-,22-,23-/m0/s1. The zero-order chi connectivity index (χ0) is 25.5. The minimum Gasteiger partial charge on any atom is -0.490 e. The maximum atomic E-state index is 13.0. The molecule has 1 rings (SSSR count). The van der Waals surface area contributed by atoms with E-state index in [1.165, 1.54) is 18.9 Å². The number of benzene rings is 1. The van der Waals surface area contributed by atoms with Gasteiger partial charge in [-0.25, -0.2) is 4.79 Å². The molecule has 0 spiro atoms. The molecule has 1 aromatic carbocycles. The van der Waals surface area contributed by atoms with Gasteiger partial charge in [-0.1, -0.05) is 51.6 Å². The minimum atomic E-state index is -0.798. The van der Waals surface area contributed by atoms with Crippen molar-refractivity contribution in [2.45, 2.75) is 45.7 Å². The molecule has 2 N–H and O–H groups in total. The number of nitrogens with one attached hydrogen (secondary N) is 2. The molecule has 3 atom stereocenters. The molecule has 0 aliphatic carbocycles. The molecule has 34 heavy (non-hydrogen) atoms. The lowest BCUT2D eigenvalue weighted by Crippen LogP contribution is -2.53. The summed E-state index contributed by atoms with van der Waals surface area (Å²) in [4.78, 5) is 38.0. The third-order valence-corrected chi connectivity index (χ3v) is 5.98. The zero-order valence-corrected chi connectivity index (χ0v) is 21.5. The fraction of sp³-hybridized carbons (Fsp3) is 0.500. The lowest BCUT2D eigenvalue weighted by atomic mass is 9.98. The summed E-state index contributed by atoms with van der Waals surface area (Å²) in [6, 6.07) is 6.01. The molecule has 0 unspecified atom stereocenters. The Morgan fingerprint density at radius 3 is 2.21 bits per heavy atom. The van der Waals surface area contributed by atoms with Crippen molar-refractivity contribution >= 4 is 29.5 Å². The van der Waals surface area contributed by atoms with Gasteiger partial charge in [0.1, 0.15) is 24.4 Å². The van der Waals surface area contributed by atoms with Gasteiger partial charge in [0.05, 0.1) is 7.11 Å². The van der Waals surface area contributed by atoms with Crippen LogP contribution in [-0.4, -0.2) is 55.1 Å². The van der Waals surface area contributed by atoms with Crippen LogP contribution in [-0.2, 0) is 25.5 Å². The molecule has 0 fully saturated rings. The summed E-state index contributed by atoms with van der Waals surface area (Å²) in [5, 5.41) is 5.62. The number of ether oxygens (including phenoxy) is 2.